The SMILES string of the molecule is CC[N+]1(C(=O)c2cccc(-c3cc(-c4ccc(O)c(C)c4)[nH]c(=O)n3)c2)CCCCC1. The van der Waals surface area contributed by atoms with E-state index in [0.29, 0.717) is 21.4 Å². The van der Waals surface area contributed by atoms with Gasteiger partial charge in [0, 0.05) is 5.56 Å². The minimum absolute atomic E-state index is 0.142. The maximum Gasteiger partial charge on any atom is 0.345 e. The number of aryl methyl sites for hydroxylation is 1. The molecule has 6 nitrogen and oxygen atoms in total. The van der Waals surface area contributed by atoms with Crippen LogP contribution in [0.3, 0.4) is 0 Å². The maximum absolute atomic E-state index is 13.4. The zero-order valence-electron chi connectivity index (χ0n) is 18.0. The predicted octanol–water partition coefficient (Wildman–Crippen LogP) is 4.28. The first kappa shape index (κ1) is 21.0. The van der Waals surface area contributed by atoms with Crippen LogP contribution in [0.1, 0.15) is 42.1 Å². The summed E-state index contributed by atoms with van der Waals surface area (Å²) < 4.78 is 0.490. The van der Waals surface area contributed by atoms with E-state index in [1.54, 1.807) is 19.1 Å². The summed E-state index contributed by atoms with van der Waals surface area (Å²) in [6.45, 7) is 6.44. The molecule has 160 valence electrons. The number of benzene rings is 2. The fraction of sp³-hybridized carbons (Fsp3) is 0.320. The molecule has 0 aliphatic carbocycles. The number of amides is 1. The molecule has 2 aromatic carbocycles. The van der Waals surface area contributed by atoms with Crippen molar-refractivity contribution >= 4 is 5.91 Å². The molecule has 2 heterocycles. The number of nitrogens with zero attached hydrogens (tertiary/aromatic N) is 2. The van der Waals surface area contributed by atoms with E-state index >= 15 is 0 Å². The molecule has 2 N–H and O–H groups in total. The number of hydrogen-bond acceptors (Lipinski definition) is 4. The third kappa shape index (κ3) is 4.16. The second-order valence-corrected chi connectivity index (χ2v) is 8.34. The molecule has 3 aromatic rings. The van der Waals surface area contributed by atoms with Crippen molar-refractivity contribution < 1.29 is 14.4 Å². The van der Waals surface area contributed by atoms with Crippen molar-refractivity contribution in [3.63, 3.8) is 0 Å². The van der Waals surface area contributed by atoms with Crippen LogP contribution in [-0.2, 0) is 0 Å². The van der Waals surface area contributed by atoms with Crippen molar-refractivity contribution in [1.82, 2.24) is 9.97 Å². The van der Waals surface area contributed by atoms with Gasteiger partial charge in [-0.2, -0.15) is 4.98 Å². The average molecular weight is 419 g/mol. The quantitative estimate of drug-likeness (QED) is 0.620. The largest absolute Gasteiger partial charge is 0.508 e. The van der Waals surface area contributed by atoms with E-state index in [1.165, 1.54) is 6.42 Å². The molecule has 31 heavy (non-hydrogen) atoms. The Morgan fingerprint density at radius 2 is 1.84 bits per heavy atom. The highest BCUT2D eigenvalue weighted by Gasteiger charge is 2.37. The number of phenols is 1. The Hall–Kier alpha value is -3.25. The zero-order chi connectivity index (χ0) is 22.0. The monoisotopic (exact) mass is 418 g/mol. The number of aromatic nitrogens is 2. The topological polar surface area (TPSA) is 83.0 Å². The highest BCUT2D eigenvalue weighted by atomic mass is 16.3. The van der Waals surface area contributed by atoms with Crippen molar-refractivity contribution in [2.75, 3.05) is 19.6 Å². The second-order valence-electron chi connectivity index (χ2n) is 8.34. The van der Waals surface area contributed by atoms with Gasteiger partial charge >= 0.3 is 11.6 Å². The van der Waals surface area contributed by atoms with Gasteiger partial charge in [-0.15, -0.1) is 0 Å². The lowest BCUT2D eigenvalue weighted by molar-refractivity contribution is -0.852. The summed E-state index contributed by atoms with van der Waals surface area (Å²) in [6, 6.07) is 14.4. The van der Waals surface area contributed by atoms with Crippen molar-refractivity contribution in [2.45, 2.75) is 33.1 Å². The maximum atomic E-state index is 13.4. The fourth-order valence-corrected chi connectivity index (χ4v) is 4.45. The lowest BCUT2D eigenvalue weighted by atomic mass is 10.0. The standard InChI is InChI=1S/C25H27N3O3/c1-3-28(12-5-4-6-13-28)24(30)20-9-7-8-18(15-20)21-16-22(27-25(31)26-21)19-10-11-23(29)17(2)14-19/h7-11,14-16H,3-6,12-13H2,1-2H3,(H-,26,27,29,31)/p+1. The van der Waals surface area contributed by atoms with Crippen LogP contribution < -0.4 is 5.69 Å². The Morgan fingerprint density at radius 1 is 1.06 bits per heavy atom. The first-order valence-electron chi connectivity index (χ1n) is 10.8. The normalized spacial score (nSPS) is 15.5. The molecule has 1 fully saturated rings. The van der Waals surface area contributed by atoms with Crippen LogP contribution in [0.2, 0.25) is 0 Å². The van der Waals surface area contributed by atoms with E-state index in [-0.39, 0.29) is 11.7 Å². The Morgan fingerprint density at radius 3 is 2.55 bits per heavy atom. The smallest absolute Gasteiger partial charge is 0.345 e. The van der Waals surface area contributed by atoms with E-state index in [1.807, 2.05) is 36.4 Å². The summed E-state index contributed by atoms with van der Waals surface area (Å²) in [7, 11) is 0. The highest BCUT2D eigenvalue weighted by molar-refractivity contribution is 5.90. The van der Waals surface area contributed by atoms with Crippen LogP contribution in [0.5, 0.6) is 5.75 Å². The van der Waals surface area contributed by atoms with Crippen LogP contribution in [0.4, 0.5) is 0 Å². The molecular weight excluding hydrogens is 390 g/mol. The zero-order valence-corrected chi connectivity index (χ0v) is 18.0. The van der Waals surface area contributed by atoms with E-state index < -0.39 is 5.69 Å². The van der Waals surface area contributed by atoms with Crippen LogP contribution in [0, 0.1) is 6.92 Å². The number of H-pyrrole nitrogens is 1. The molecule has 1 amide bonds. The number of carbonyl (C=O) groups is 1. The number of piperidine rings is 1. The van der Waals surface area contributed by atoms with Gasteiger partial charge in [-0.05, 0) is 80.6 Å². The van der Waals surface area contributed by atoms with Gasteiger partial charge in [0.1, 0.15) is 5.75 Å². The van der Waals surface area contributed by atoms with E-state index in [2.05, 4.69) is 16.9 Å². The molecule has 6 heteroatoms. The van der Waals surface area contributed by atoms with Gasteiger partial charge < -0.3 is 10.1 Å². The van der Waals surface area contributed by atoms with Crippen LogP contribution in [0.15, 0.2) is 53.3 Å². The number of likely N-dealkylation sites (tertiary alicyclic amines) is 1. The van der Waals surface area contributed by atoms with E-state index in [9.17, 15) is 14.7 Å². The number of aromatic hydroxyl groups is 1. The third-order valence-corrected chi connectivity index (χ3v) is 6.37. The lowest BCUT2D eigenvalue weighted by Gasteiger charge is -2.38. The molecular formula is C25H28N3O3+. The molecule has 1 aliphatic heterocycles. The molecule has 0 spiro atoms. The second kappa shape index (κ2) is 8.47. The Kier molecular flexibility index (Phi) is 5.74. The van der Waals surface area contributed by atoms with Crippen LogP contribution >= 0.6 is 0 Å². The molecule has 0 saturated carbocycles. The molecule has 1 aliphatic rings. The van der Waals surface area contributed by atoms with Gasteiger partial charge in [0.05, 0.1) is 36.6 Å². The average Bonchev–Trinajstić information content (AvgIpc) is 2.80. The number of rotatable bonds is 4. The van der Waals surface area contributed by atoms with Crippen molar-refractivity contribution in [2.24, 2.45) is 0 Å². The highest BCUT2D eigenvalue weighted by Crippen LogP contribution is 2.28. The molecule has 4 rings (SSSR count). The number of hydrogen-bond donors (Lipinski definition) is 2. The summed E-state index contributed by atoms with van der Waals surface area (Å²) in [6.07, 6.45) is 3.33. The van der Waals surface area contributed by atoms with Crippen molar-refractivity contribution in [1.29, 1.82) is 0 Å². The summed E-state index contributed by atoms with van der Waals surface area (Å²) in [5, 5.41) is 9.79. The molecule has 0 atom stereocenters. The number of quaternary nitrogens is 1. The first-order valence-corrected chi connectivity index (χ1v) is 10.8. The molecule has 0 radical (unpaired) electrons. The predicted molar refractivity (Wildman–Crippen MR) is 121 cm³/mol. The molecule has 0 bridgehead atoms. The van der Waals surface area contributed by atoms with Gasteiger partial charge in [-0.3, -0.25) is 4.48 Å². The molecule has 1 aromatic heterocycles. The first-order chi connectivity index (χ1) is 14.9. The Balaban J connectivity index is 1.72. The minimum atomic E-state index is -0.456. The van der Waals surface area contributed by atoms with Crippen LogP contribution in [0.25, 0.3) is 22.5 Å². The summed E-state index contributed by atoms with van der Waals surface area (Å²) in [4.78, 5) is 32.6. The minimum Gasteiger partial charge on any atom is -0.508 e. The lowest BCUT2D eigenvalue weighted by Crippen LogP contribution is -2.55. The van der Waals surface area contributed by atoms with Gasteiger partial charge in [0.2, 0.25) is 0 Å². The summed E-state index contributed by atoms with van der Waals surface area (Å²) >= 11 is 0. The number of carbonyl (C=O) groups excluding carboxylic acids is 1. The number of aromatic amines is 1. The van der Waals surface area contributed by atoms with Crippen molar-refractivity contribution in [3.05, 3.63) is 70.1 Å². The molecule has 1 saturated heterocycles. The van der Waals surface area contributed by atoms with Gasteiger partial charge in [0.25, 0.3) is 0 Å². The van der Waals surface area contributed by atoms with Gasteiger partial charge in [0.15, 0.2) is 0 Å². The van der Waals surface area contributed by atoms with Gasteiger partial charge in [-0.1, -0.05) is 12.1 Å². The fourth-order valence-electron chi connectivity index (χ4n) is 4.45. The summed E-state index contributed by atoms with van der Waals surface area (Å²) in [5.41, 5.74) is 3.57. The van der Waals surface area contributed by atoms with E-state index in [0.717, 1.165) is 49.2 Å². The Bertz CT molecular complexity index is 1180. The number of nitrogens with one attached hydrogen (secondary N) is 1. The van der Waals surface area contributed by atoms with E-state index in [4.69, 9.17) is 0 Å². The summed E-state index contributed by atoms with van der Waals surface area (Å²) in [5.74, 6) is 0.348. The van der Waals surface area contributed by atoms with Gasteiger partial charge in [-0.25, -0.2) is 9.59 Å². The number of phenolic OH excluding ortho intramolecular Hbond substituents is 1. The Labute approximate surface area is 181 Å². The van der Waals surface area contributed by atoms with Crippen molar-refractivity contribution in [3.8, 4) is 28.3 Å². The van der Waals surface area contributed by atoms with Crippen LogP contribution in [-0.4, -0.2) is 45.1 Å². The third-order valence-electron chi connectivity index (χ3n) is 6.37. The molecule has 0 unspecified atom stereocenters.